The first-order valence-corrected chi connectivity index (χ1v) is 7.84. The van der Waals surface area contributed by atoms with Crippen LogP contribution in [0.5, 0.6) is 0 Å². The monoisotopic (exact) mass is 339 g/mol. The number of nitrogens with zero attached hydrogens (tertiary/aromatic N) is 2. The molecule has 1 atom stereocenters. The average Bonchev–Trinajstić information content (AvgIpc) is 3.06. The Labute approximate surface area is 144 Å². The Kier molecular flexibility index (Phi) is 4.90. The number of carbonyl (C=O) groups excluding carboxylic acids is 1. The second-order valence-corrected chi connectivity index (χ2v) is 5.74. The fourth-order valence-electron chi connectivity index (χ4n) is 2.51. The third-order valence-corrected chi connectivity index (χ3v) is 3.88. The van der Waals surface area contributed by atoms with Crippen LogP contribution in [-0.4, -0.2) is 20.6 Å². The summed E-state index contributed by atoms with van der Waals surface area (Å²) >= 11 is 0. The summed E-state index contributed by atoms with van der Waals surface area (Å²) in [7, 11) is 0. The molecule has 3 rings (SSSR count). The van der Waals surface area contributed by atoms with Crippen LogP contribution >= 0.6 is 0 Å². The van der Waals surface area contributed by atoms with Crippen molar-refractivity contribution in [2.45, 2.75) is 19.6 Å². The number of aliphatic hydroxyl groups excluding tert-OH is 1. The van der Waals surface area contributed by atoms with E-state index >= 15 is 0 Å². The molecule has 128 valence electrons. The van der Waals surface area contributed by atoms with Gasteiger partial charge in [0.25, 0.3) is 0 Å². The van der Waals surface area contributed by atoms with E-state index in [1.54, 1.807) is 42.0 Å². The fraction of sp³-hybridized carbons (Fsp3) is 0.158. The summed E-state index contributed by atoms with van der Waals surface area (Å²) in [5, 5.41) is 13.1. The lowest BCUT2D eigenvalue weighted by molar-refractivity contribution is -0.116. The molecule has 0 radical (unpaired) electrons. The normalized spacial score (nSPS) is 12.0. The first-order chi connectivity index (χ1) is 12.0. The molecule has 0 aliphatic heterocycles. The molecule has 1 heterocycles. The number of imidazole rings is 1. The van der Waals surface area contributed by atoms with Crippen LogP contribution in [0.4, 0.5) is 10.1 Å². The topological polar surface area (TPSA) is 67.2 Å². The van der Waals surface area contributed by atoms with Crippen molar-refractivity contribution in [1.82, 2.24) is 9.55 Å². The minimum atomic E-state index is -0.930. The molecular formula is C19H18FN3O2. The van der Waals surface area contributed by atoms with E-state index in [1.807, 2.05) is 18.2 Å². The third-order valence-electron chi connectivity index (χ3n) is 3.88. The summed E-state index contributed by atoms with van der Waals surface area (Å²) in [5.41, 5.74) is 1.59. The lowest BCUT2D eigenvalue weighted by Gasteiger charge is -2.14. The fourth-order valence-corrected chi connectivity index (χ4v) is 2.51. The highest BCUT2D eigenvalue weighted by atomic mass is 19.1. The van der Waals surface area contributed by atoms with Gasteiger partial charge >= 0.3 is 0 Å². The largest absolute Gasteiger partial charge is 0.380 e. The quantitative estimate of drug-likeness (QED) is 0.751. The number of anilines is 1. The Hall–Kier alpha value is -2.99. The first kappa shape index (κ1) is 16.9. The van der Waals surface area contributed by atoms with E-state index in [0.717, 1.165) is 0 Å². The number of rotatable bonds is 5. The van der Waals surface area contributed by atoms with Crippen LogP contribution in [0.25, 0.3) is 0 Å². The van der Waals surface area contributed by atoms with Gasteiger partial charge in [0.05, 0.1) is 0 Å². The van der Waals surface area contributed by atoms with Crippen molar-refractivity contribution in [3.8, 4) is 0 Å². The molecule has 5 nitrogen and oxygen atoms in total. The summed E-state index contributed by atoms with van der Waals surface area (Å²) in [6.07, 6.45) is 2.22. The highest BCUT2D eigenvalue weighted by Gasteiger charge is 2.17. The van der Waals surface area contributed by atoms with Gasteiger partial charge in [0.1, 0.15) is 24.3 Å². The number of hydrogen-bond acceptors (Lipinski definition) is 3. The Morgan fingerprint density at radius 2 is 2.04 bits per heavy atom. The van der Waals surface area contributed by atoms with E-state index in [0.29, 0.717) is 22.6 Å². The van der Waals surface area contributed by atoms with Crippen molar-refractivity contribution >= 4 is 11.6 Å². The molecule has 0 fully saturated rings. The van der Waals surface area contributed by atoms with Gasteiger partial charge in [0.15, 0.2) is 0 Å². The minimum absolute atomic E-state index is 0.0330. The highest BCUT2D eigenvalue weighted by molar-refractivity contribution is 5.90. The van der Waals surface area contributed by atoms with E-state index in [9.17, 15) is 14.3 Å². The van der Waals surface area contributed by atoms with Gasteiger partial charge in [0.2, 0.25) is 5.91 Å². The number of benzene rings is 2. The van der Waals surface area contributed by atoms with E-state index in [-0.39, 0.29) is 18.3 Å². The maximum atomic E-state index is 13.6. The molecule has 2 N–H and O–H groups in total. The summed E-state index contributed by atoms with van der Waals surface area (Å²) in [4.78, 5) is 16.4. The molecule has 1 aromatic heterocycles. The van der Waals surface area contributed by atoms with Crippen LogP contribution in [0.1, 0.15) is 23.1 Å². The van der Waals surface area contributed by atoms with Crippen LogP contribution in [0.3, 0.4) is 0 Å². The molecule has 0 aliphatic carbocycles. The molecular weight excluding hydrogens is 321 g/mol. The Balaban J connectivity index is 1.72. The number of carbonyl (C=O) groups is 1. The number of hydrogen-bond donors (Lipinski definition) is 2. The highest BCUT2D eigenvalue weighted by Crippen LogP contribution is 2.20. The maximum Gasteiger partial charge on any atom is 0.244 e. The predicted molar refractivity (Wildman–Crippen MR) is 92.5 cm³/mol. The molecule has 0 saturated heterocycles. The molecule has 0 spiro atoms. The van der Waals surface area contributed by atoms with Gasteiger partial charge < -0.3 is 15.0 Å². The van der Waals surface area contributed by atoms with Crippen molar-refractivity contribution < 1.29 is 14.3 Å². The minimum Gasteiger partial charge on any atom is -0.380 e. The molecule has 6 heteroatoms. The number of nitrogens with one attached hydrogen (secondary N) is 1. The SMILES string of the molecule is Cc1ccc(NC(=O)Cn2ccnc2[C@H](O)c2ccccc2)cc1F. The average molecular weight is 339 g/mol. The standard InChI is InChI=1S/C19H18FN3O2/c1-13-7-8-15(11-16(13)20)22-17(24)12-23-10-9-21-19(23)18(25)14-5-3-2-4-6-14/h2-11,18,25H,12H2,1H3,(H,22,24)/t18-/m1/s1. The zero-order valence-corrected chi connectivity index (χ0v) is 13.7. The Morgan fingerprint density at radius 1 is 1.28 bits per heavy atom. The van der Waals surface area contributed by atoms with Crippen LogP contribution < -0.4 is 5.32 Å². The second-order valence-electron chi connectivity index (χ2n) is 5.74. The maximum absolute atomic E-state index is 13.6. The van der Waals surface area contributed by atoms with Crippen LogP contribution in [0.2, 0.25) is 0 Å². The van der Waals surface area contributed by atoms with E-state index < -0.39 is 6.10 Å². The van der Waals surface area contributed by atoms with Crippen LogP contribution in [-0.2, 0) is 11.3 Å². The van der Waals surface area contributed by atoms with E-state index in [4.69, 9.17) is 0 Å². The number of aryl methyl sites for hydroxylation is 1. The van der Waals surface area contributed by atoms with Gasteiger partial charge in [-0.25, -0.2) is 9.37 Å². The van der Waals surface area contributed by atoms with Crippen molar-refractivity contribution in [1.29, 1.82) is 0 Å². The zero-order chi connectivity index (χ0) is 17.8. The van der Waals surface area contributed by atoms with Gasteiger partial charge in [-0.1, -0.05) is 36.4 Å². The van der Waals surface area contributed by atoms with Crippen LogP contribution in [0.15, 0.2) is 60.9 Å². The summed E-state index contributed by atoms with van der Waals surface area (Å²) in [6, 6.07) is 13.6. The van der Waals surface area contributed by atoms with Gasteiger partial charge in [0, 0.05) is 18.1 Å². The summed E-state index contributed by atoms with van der Waals surface area (Å²) in [6.45, 7) is 1.62. The van der Waals surface area contributed by atoms with Crippen molar-refractivity contribution in [2.24, 2.45) is 0 Å². The van der Waals surface area contributed by atoms with Gasteiger partial charge in [-0.2, -0.15) is 0 Å². The molecule has 0 aliphatic rings. The molecule has 25 heavy (non-hydrogen) atoms. The smallest absolute Gasteiger partial charge is 0.244 e. The first-order valence-electron chi connectivity index (χ1n) is 7.84. The lowest BCUT2D eigenvalue weighted by atomic mass is 10.1. The summed E-state index contributed by atoms with van der Waals surface area (Å²) in [5.74, 6) is -0.333. The van der Waals surface area contributed by atoms with Crippen molar-refractivity contribution in [3.63, 3.8) is 0 Å². The van der Waals surface area contributed by atoms with Gasteiger partial charge in [-0.05, 0) is 30.2 Å². The van der Waals surface area contributed by atoms with Crippen molar-refractivity contribution in [3.05, 3.63) is 83.7 Å². The number of amides is 1. The number of halogens is 1. The van der Waals surface area contributed by atoms with E-state index in [1.165, 1.54) is 12.3 Å². The Bertz CT molecular complexity index is 877. The van der Waals surface area contributed by atoms with Crippen LogP contribution in [0, 0.1) is 12.7 Å². The van der Waals surface area contributed by atoms with Gasteiger partial charge in [-0.3, -0.25) is 4.79 Å². The lowest BCUT2D eigenvalue weighted by Crippen LogP contribution is -2.21. The number of aromatic nitrogens is 2. The Morgan fingerprint density at radius 3 is 2.76 bits per heavy atom. The molecule has 0 saturated carbocycles. The predicted octanol–water partition coefficient (Wildman–Crippen LogP) is 3.05. The number of aliphatic hydroxyl groups is 1. The molecule has 1 amide bonds. The third kappa shape index (κ3) is 3.92. The molecule has 2 aromatic carbocycles. The zero-order valence-electron chi connectivity index (χ0n) is 13.7. The molecule has 3 aromatic rings. The summed E-state index contributed by atoms with van der Waals surface area (Å²) < 4.78 is 15.1. The van der Waals surface area contributed by atoms with Crippen molar-refractivity contribution in [2.75, 3.05) is 5.32 Å². The van der Waals surface area contributed by atoms with Gasteiger partial charge in [-0.15, -0.1) is 0 Å². The second kappa shape index (κ2) is 7.27. The molecule has 0 unspecified atom stereocenters. The van der Waals surface area contributed by atoms with E-state index in [2.05, 4.69) is 10.3 Å². The molecule has 0 bridgehead atoms.